The molecular weight excluding hydrogens is 508 g/mol. The largest absolute Gasteiger partial charge is 0.339 e. The number of aromatic nitrogens is 2. The Morgan fingerprint density at radius 3 is 1.98 bits per heavy atom. The van der Waals surface area contributed by atoms with E-state index < -0.39 is 0 Å². The number of unbranched alkanes of at least 4 members (excludes halogenated alkanes) is 11. The van der Waals surface area contributed by atoms with Gasteiger partial charge in [-0.25, -0.2) is 0 Å². The van der Waals surface area contributed by atoms with E-state index >= 15 is 0 Å². The lowest BCUT2D eigenvalue weighted by Gasteiger charge is -2.35. The zero-order chi connectivity index (χ0) is 28.7. The van der Waals surface area contributed by atoms with Gasteiger partial charge in [-0.3, -0.25) is 14.7 Å². The van der Waals surface area contributed by atoms with Crippen LogP contribution in [0.5, 0.6) is 0 Å². The monoisotopic (exact) mass is 556 g/mol. The number of benzene rings is 2. The molecule has 2 aromatic carbocycles. The van der Waals surface area contributed by atoms with Crippen molar-refractivity contribution < 1.29 is 9.59 Å². The average molecular weight is 557 g/mol. The standard InChI is InChI=1S/C35H48N4O2/c1-2-3-4-5-6-7-8-9-10-11-12-13-18-34(40)38-25-27-39(28-26-38)35(41)30-22-19-29(20-23-30)21-24-33-31-16-14-15-17-32(31)36-37-33/h14-17,19-24H,2-13,18,25-28H2,1H3,(H,36,37)/b24-21+. The Kier molecular flexibility index (Phi) is 12.5. The fraction of sp³-hybridized carbons (Fsp3) is 0.514. The summed E-state index contributed by atoms with van der Waals surface area (Å²) in [5.74, 6) is 0.275. The minimum Gasteiger partial charge on any atom is -0.339 e. The van der Waals surface area contributed by atoms with E-state index in [-0.39, 0.29) is 11.8 Å². The molecule has 0 atom stereocenters. The molecule has 0 saturated carbocycles. The lowest BCUT2D eigenvalue weighted by atomic mass is 10.0. The molecule has 41 heavy (non-hydrogen) atoms. The van der Waals surface area contributed by atoms with Crippen LogP contribution in [-0.4, -0.2) is 58.0 Å². The second-order valence-corrected chi connectivity index (χ2v) is 11.4. The first-order valence-electron chi connectivity index (χ1n) is 15.9. The van der Waals surface area contributed by atoms with Gasteiger partial charge < -0.3 is 9.80 Å². The topological polar surface area (TPSA) is 69.3 Å². The Balaban J connectivity index is 1.09. The summed E-state index contributed by atoms with van der Waals surface area (Å²) in [7, 11) is 0. The van der Waals surface area contributed by atoms with E-state index in [1.54, 1.807) is 0 Å². The third-order valence-electron chi connectivity index (χ3n) is 8.25. The van der Waals surface area contributed by atoms with Crippen molar-refractivity contribution in [1.29, 1.82) is 0 Å². The molecule has 0 spiro atoms. The predicted molar refractivity (Wildman–Crippen MR) is 170 cm³/mol. The summed E-state index contributed by atoms with van der Waals surface area (Å²) in [6.07, 6.45) is 20.2. The molecule has 4 rings (SSSR count). The van der Waals surface area contributed by atoms with Crippen LogP contribution in [0.4, 0.5) is 0 Å². The van der Waals surface area contributed by atoms with Crippen molar-refractivity contribution in [3.8, 4) is 0 Å². The van der Waals surface area contributed by atoms with Crippen LogP contribution in [0.15, 0.2) is 48.5 Å². The summed E-state index contributed by atoms with van der Waals surface area (Å²) in [6.45, 7) is 4.71. The van der Waals surface area contributed by atoms with Gasteiger partial charge in [-0.2, -0.15) is 5.10 Å². The Hall–Kier alpha value is -3.41. The fourth-order valence-corrected chi connectivity index (χ4v) is 5.64. The molecule has 1 aliphatic rings. The summed E-state index contributed by atoms with van der Waals surface area (Å²) in [4.78, 5) is 29.6. The van der Waals surface area contributed by atoms with Gasteiger partial charge in [0.2, 0.25) is 5.91 Å². The SMILES string of the molecule is CCCCCCCCCCCCCCC(=O)N1CCN(C(=O)c2ccc(/C=C/c3n[nH]c4ccccc34)cc2)CC1. The first-order valence-corrected chi connectivity index (χ1v) is 15.9. The van der Waals surface area contributed by atoms with E-state index in [9.17, 15) is 9.59 Å². The number of piperazine rings is 1. The second-order valence-electron chi connectivity index (χ2n) is 11.4. The van der Waals surface area contributed by atoms with Crippen molar-refractivity contribution in [3.63, 3.8) is 0 Å². The summed E-state index contributed by atoms with van der Waals surface area (Å²) < 4.78 is 0. The van der Waals surface area contributed by atoms with Gasteiger partial charge in [0.25, 0.3) is 5.91 Å². The number of rotatable bonds is 16. The molecule has 1 aromatic heterocycles. The quantitative estimate of drug-likeness (QED) is 0.181. The minimum absolute atomic E-state index is 0.0342. The fourth-order valence-electron chi connectivity index (χ4n) is 5.64. The Bertz CT molecular complexity index is 1240. The lowest BCUT2D eigenvalue weighted by Crippen LogP contribution is -2.50. The van der Waals surface area contributed by atoms with Gasteiger partial charge in [-0.1, -0.05) is 114 Å². The van der Waals surface area contributed by atoms with E-state index in [1.807, 2.05) is 70.5 Å². The van der Waals surface area contributed by atoms with Crippen LogP contribution >= 0.6 is 0 Å². The maximum atomic E-state index is 13.1. The van der Waals surface area contributed by atoms with Crippen LogP contribution in [0.25, 0.3) is 23.1 Å². The molecule has 220 valence electrons. The van der Waals surface area contributed by atoms with Gasteiger partial charge in [-0.05, 0) is 36.3 Å². The van der Waals surface area contributed by atoms with Crippen LogP contribution in [-0.2, 0) is 4.79 Å². The maximum absolute atomic E-state index is 13.1. The Morgan fingerprint density at radius 2 is 1.32 bits per heavy atom. The molecule has 1 fully saturated rings. The molecule has 3 aromatic rings. The van der Waals surface area contributed by atoms with Crippen LogP contribution in [0.2, 0.25) is 0 Å². The van der Waals surface area contributed by atoms with E-state index in [1.165, 1.54) is 64.2 Å². The van der Waals surface area contributed by atoms with Crippen molar-refractivity contribution in [2.75, 3.05) is 26.2 Å². The van der Waals surface area contributed by atoms with Gasteiger partial charge in [0.1, 0.15) is 0 Å². The smallest absolute Gasteiger partial charge is 0.253 e. The number of aromatic amines is 1. The Labute approximate surface area is 246 Å². The molecule has 2 amide bonds. The van der Waals surface area contributed by atoms with Crippen molar-refractivity contribution >= 4 is 34.9 Å². The maximum Gasteiger partial charge on any atom is 0.253 e. The minimum atomic E-state index is 0.0342. The molecule has 1 saturated heterocycles. The third-order valence-corrected chi connectivity index (χ3v) is 8.25. The highest BCUT2D eigenvalue weighted by Crippen LogP contribution is 2.19. The second kappa shape index (κ2) is 16.8. The van der Waals surface area contributed by atoms with E-state index in [2.05, 4.69) is 17.1 Å². The highest BCUT2D eigenvalue weighted by atomic mass is 16.2. The molecule has 0 radical (unpaired) electrons. The molecular formula is C35H48N4O2. The zero-order valence-corrected chi connectivity index (χ0v) is 25.0. The van der Waals surface area contributed by atoms with Crippen molar-refractivity contribution in [2.24, 2.45) is 0 Å². The lowest BCUT2D eigenvalue weighted by molar-refractivity contribution is -0.132. The first-order chi connectivity index (χ1) is 20.2. The van der Waals surface area contributed by atoms with Gasteiger partial charge in [0.15, 0.2) is 0 Å². The van der Waals surface area contributed by atoms with Gasteiger partial charge >= 0.3 is 0 Å². The molecule has 2 heterocycles. The molecule has 0 bridgehead atoms. The number of nitrogens with one attached hydrogen (secondary N) is 1. The predicted octanol–water partition coefficient (Wildman–Crippen LogP) is 8.11. The number of carbonyl (C=O) groups is 2. The summed E-state index contributed by atoms with van der Waals surface area (Å²) in [5.41, 5.74) is 3.61. The summed E-state index contributed by atoms with van der Waals surface area (Å²) in [5, 5.41) is 8.51. The highest BCUT2D eigenvalue weighted by molar-refractivity contribution is 5.95. The number of hydrogen-bond acceptors (Lipinski definition) is 3. The summed E-state index contributed by atoms with van der Waals surface area (Å²) in [6, 6.07) is 15.8. The van der Waals surface area contributed by atoms with E-state index in [4.69, 9.17) is 0 Å². The molecule has 0 aliphatic carbocycles. The van der Waals surface area contributed by atoms with Crippen molar-refractivity contribution in [3.05, 3.63) is 65.4 Å². The van der Waals surface area contributed by atoms with Crippen molar-refractivity contribution in [1.82, 2.24) is 20.0 Å². The number of amides is 2. The van der Waals surface area contributed by atoms with Gasteiger partial charge in [0.05, 0.1) is 11.2 Å². The number of para-hydroxylation sites is 1. The van der Waals surface area contributed by atoms with E-state index in [0.717, 1.165) is 35.0 Å². The molecule has 1 aliphatic heterocycles. The van der Waals surface area contributed by atoms with Gasteiger partial charge in [0, 0.05) is 43.5 Å². The Morgan fingerprint density at radius 1 is 0.732 bits per heavy atom. The molecule has 0 unspecified atom stereocenters. The number of H-pyrrole nitrogens is 1. The average Bonchev–Trinajstić information content (AvgIpc) is 3.43. The van der Waals surface area contributed by atoms with Crippen LogP contribution in [0, 0.1) is 0 Å². The van der Waals surface area contributed by atoms with Gasteiger partial charge in [-0.15, -0.1) is 0 Å². The van der Waals surface area contributed by atoms with Crippen LogP contribution in [0.1, 0.15) is 112 Å². The number of hydrogen-bond donors (Lipinski definition) is 1. The van der Waals surface area contributed by atoms with E-state index in [0.29, 0.717) is 38.2 Å². The van der Waals surface area contributed by atoms with Crippen molar-refractivity contribution in [2.45, 2.75) is 90.4 Å². The molecule has 6 nitrogen and oxygen atoms in total. The number of nitrogens with zero attached hydrogens (tertiary/aromatic N) is 3. The normalized spacial score (nSPS) is 13.9. The number of fused-ring (bicyclic) bond motifs is 1. The third kappa shape index (κ3) is 9.58. The highest BCUT2D eigenvalue weighted by Gasteiger charge is 2.24. The molecule has 6 heteroatoms. The molecule has 1 N–H and O–H groups in total. The number of carbonyl (C=O) groups excluding carboxylic acids is 2. The summed E-state index contributed by atoms with van der Waals surface area (Å²) >= 11 is 0. The zero-order valence-electron chi connectivity index (χ0n) is 25.0. The van der Waals surface area contributed by atoms with Crippen LogP contribution < -0.4 is 0 Å². The first kappa shape index (κ1) is 30.5. The van der Waals surface area contributed by atoms with Crippen LogP contribution in [0.3, 0.4) is 0 Å².